The van der Waals surface area contributed by atoms with Crippen molar-refractivity contribution in [1.29, 1.82) is 0 Å². The third-order valence-electron chi connectivity index (χ3n) is 2.17. The van der Waals surface area contributed by atoms with Gasteiger partial charge in [0.15, 0.2) is 0 Å². The Labute approximate surface area is 85.5 Å². The molecule has 78 valence electrons. The van der Waals surface area contributed by atoms with Gasteiger partial charge in [0.05, 0.1) is 0 Å². The highest BCUT2D eigenvalue weighted by Crippen LogP contribution is 1.98. The molecular formula is C11H19N3. The van der Waals surface area contributed by atoms with Gasteiger partial charge in [0.2, 0.25) is 0 Å². The lowest BCUT2D eigenvalue weighted by atomic mass is 10.0. The van der Waals surface area contributed by atoms with Crippen LogP contribution in [0.15, 0.2) is 30.3 Å². The second-order valence-electron chi connectivity index (χ2n) is 3.95. The van der Waals surface area contributed by atoms with E-state index in [0.29, 0.717) is 6.54 Å². The molecule has 0 saturated carbocycles. The summed E-state index contributed by atoms with van der Waals surface area (Å²) in [6.07, 6.45) is 0. The van der Waals surface area contributed by atoms with Crippen molar-refractivity contribution in [2.24, 2.45) is 11.5 Å². The van der Waals surface area contributed by atoms with Crippen molar-refractivity contribution in [3.05, 3.63) is 35.9 Å². The van der Waals surface area contributed by atoms with Gasteiger partial charge in [-0.15, -0.1) is 0 Å². The maximum atomic E-state index is 5.89. The van der Waals surface area contributed by atoms with Crippen LogP contribution in [0, 0.1) is 0 Å². The molecule has 0 saturated heterocycles. The molecule has 0 aliphatic carbocycles. The summed E-state index contributed by atoms with van der Waals surface area (Å²) in [6.45, 7) is 4.02. The molecule has 0 amide bonds. The van der Waals surface area contributed by atoms with Crippen molar-refractivity contribution in [3.8, 4) is 0 Å². The van der Waals surface area contributed by atoms with E-state index >= 15 is 0 Å². The number of nitrogens with one attached hydrogen (secondary N) is 1. The van der Waals surface area contributed by atoms with Gasteiger partial charge >= 0.3 is 0 Å². The van der Waals surface area contributed by atoms with Crippen molar-refractivity contribution < 1.29 is 0 Å². The molecule has 0 fully saturated rings. The standard InChI is InChI=1S/C11H19N3/c1-11(13,8-12)9-14-7-10-5-3-2-4-6-10/h2-6,14H,7-9,12-13H2,1H3. The average Bonchev–Trinajstić information content (AvgIpc) is 2.19. The fourth-order valence-corrected chi connectivity index (χ4v) is 1.16. The summed E-state index contributed by atoms with van der Waals surface area (Å²) in [6, 6.07) is 10.2. The number of rotatable bonds is 5. The minimum absolute atomic E-state index is 0.311. The lowest BCUT2D eigenvalue weighted by molar-refractivity contribution is 0.438. The molecule has 1 aromatic carbocycles. The van der Waals surface area contributed by atoms with E-state index in [0.717, 1.165) is 13.1 Å². The molecule has 14 heavy (non-hydrogen) atoms. The van der Waals surface area contributed by atoms with Gasteiger partial charge in [-0.3, -0.25) is 0 Å². The highest BCUT2D eigenvalue weighted by atomic mass is 14.9. The number of hydrogen-bond acceptors (Lipinski definition) is 3. The van der Waals surface area contributed by atoms with E-state index < -0.39 is 0 Å². The van der Waals surface area contributed by atoms with Gasteiger partial charge < -0.3 is 16.8 Å². The van der Waals surface area contributed by atoms with Crippen LogP contribution in [0.2, 0.25) is 0 Å². The van der Waals surface area contributed by atoms with Crippen LogP contribution < -0.4 is 16.8 Å². The molecule has 0 aliphatic heterocycles. The molecule has 0 radical (unpaired) electrons. The first-order valence-electron chi connectivity index (χ1n) is 4.88. The summed E-state index contributed by atoms with van der Waals surface area (Å²) in [5, 5.41) is 3.29. The molecule has 3 nitrogen and oxygen atoms in total. The summed E-state index contributed by atoms with van der Waals surface area (Å²) in [5.41, 5.74) is 12.4. The van der Waals surface area contributed by atoms with Crippen LogP contribution in [0.1, 0.15) is 12.5 Å². The maximum absolute atomic E-state index is 5.89. The Morgan fingerprint density at radius 2 is 1.93 bits per heavy atom. The molecule has 1 unspecified atom stereocenters. The van der Waals surface area contributed by atoms with E-state index in [1.807, 2.05) is 25.1 Å². The van der Waals surface area contributed by atoms with Gasteiger partial charge in [-0.1, -0.05) is 30.3 Å². The Kier molecular flexibility index (Phi) is 4.07. The highest BCUT2D eigenvalue weighted by Gasteiger charge is 2.14. The SMILES string of the molecule is CC(N)(CN)CNCc1ccccc1. The molecule has 0 aromatic heterocycles. The minimum atomic E-state index is -0.311. The Balaban J connectivity index is 2.29. The number of hydrogen-bond donors (Lipinski definition) is 3. The molecule has 1 aromatic rings. The van der Waals surface area contributed by atoms with Crippen molar-refractivity contribution >= 4 is 0 Å². The quantitative estimate of drug-likeness (QED) is 0.636. The van der Waals surface area contributed by atoms with Crippen LogP contribution >= 0.6 is 0 Å². The van der Waals surface area contributed by atoms with Crippen LogP contribution in [0.4, 0.5) is 0 Å². The van der Waals surface area contributed by atoms with Gasteiger partial charge in [0, 0.05) is 25.2 Å². The van der Waals surface area contributed by atoms with Crippen molar-refractivity contribution in [3.63, 3.8) is 0 Å². The molecule has 1 atom stereocenters. The van der Waals surface area contributed by atoms with Crippen LogP contribution in [0.3, 0.4) is 0 Å². The number of nitrogens with two attached hydrogens (primary N) is 2. The lowest BCUT2D eigenvalue weighted by Crippen LogP contribution is -2.51. The normalized spacial score (nSPS) is 15.1. The summed E-state index contributed by atoms with van der Waals surface area (Å²) < 4.78 is 0. The summed E-state index contributed by atoms with van der Waals surface area (Å²) in [4.78, 5) is 0. The molecule has 5 N–H and O–H groups in total. The highest BCUT2D eigenvalue weighted by molar-refractivity contribution is 5.14. The van der Waals surface area contributed by atoms with Gasteiger partial charge in [-0.05, 0) is 12.5 Å². The summed E-state index contributed by atoms with van der Waals surface area (Å²) in [7, 11) is 0. The molecular weight excluding hydrogens is 174 g/mol. The Morgan fingerprint density at radius 1 is 1.29 bits per heavy atom. The fraction of sp³-hybridized carbons (Fsp3) is 0.455. The monoisotopic (exact) mass is 193 g/mol. The summed E-state index contributed by atoms with van der Waals surface area (Å²) in [5.74, 6) is 0. The molecule has 0 bridgehead atoms. The third kappa shape index (κ3) is 3.87. The van der Waals surface area contributed by atoms with Gasteiger partial charge in [-0.25, -0.2) is 0 Å². The minimum Gasteiger partial charge on any atom is -0.329 e. The third-order valence-corrected chi connectivity index (χ3v) is 2.17. The Morgan fingerprint density at radius 3 is 2.50 bits per heavy atom. The Bertz CT molecular complexity index is 256. The predicted molar refractivity (Wildman–Crippen MR) is 59.8 cm³/mol. The maximum Gasteiger partial charge on any atom is 0.0376 e. The first-order chi connectivity index (χ1) is 6.64. The smallest absolute Gasteiger partial charge is 0.0376 e. The zero-order valence-electron chi connectivity index (χ0n) is 8.66. The molecule has 1 rings (SSSR count). The molecule has 0 aliphatic rings. The van der Waals surface area contributed by atoms with Crippen molar-refractivity contribution in [2.75, 3.05) is 13.1 Å². The zero-order valence-corrected chi connectivity index (χ0v) is 8.66. The van der Waals surface area contributed by atoms with Gasteiger partial charge in [0.25, 0.3) is 0 Å². The molecule has 0 spiro atoms. The second kappa shape index (κ2) is 5.10. The molecule has 3 heteroatoms. The van der Waals surface area contributed by atoms with Crippen molar-refractivity contribution in [2.45, 2.75) is 19.0 Å². The largest absolute Gasteiger partial charge is 0.329 e. The van der Waals surface area contributed by atoms with E-state index in [1.54, 1.807) is 0 Å². The van der Waals surface area contributed by atoms with Crippen LogP contribution in [0.5, 0.6) is 0 Å². The van der Waals surface area contributed by atoms with E-state index in [4.69, 9.17) is 11.5 Å². The first kappa shape index (κ1) is 11.2. The van der Waals surface area contributed by atoms with Crippen LogP contribution in [-0.2, 0) is 6.54 Å². The molecule has 0 heterocycles. The predicted octanol–water partition coefficient (Wildman–Crippen LogP) is 0.452. The van der Waals surface area contributed by atoms with E-state index in [-0.39, 0.29) is 5.54 Å². The van der Waals surface area contributed by atoms with E-state index in [2.05, 4.69) is 17.4 Å². The first-order valence-corrected chi connectivity index (χ1v) is 4.88. The van der Waals surface area contributed by atoms with Gasteiger partial charge in [-0.2, -0.15) is 0 Å². The topological polar surface area (TPSA) is 64.1 Å². The van der Waals surface area contributed by atoms with Gasteiger partial charge in [0.1, 0.15) is 0 Å². The number of benzene rings is 1. The van der Waals surface area contributed by atoms with E-state index in [1.165, 1.54) is 5.56 Å². The fourth-order valence-electron chi connectivity index (χ4n) is 1.16. The Hall–Kier alpha value is -0.900. The second-order valence-corrected chi connectivity index (χ2v) is 3.95. The van der Waals surface area contributed by atoms with E-state index in [9.17, 15) is 0 Å². The average molecular weight is 193 g/mol. The van der Waals surface area contributed by atoms with Crippen LogP contribution in [0.25, 0.3) is 0 Å². The van der Waals surface area contributed by atoms with Crippen molar-refractivity contribution in [1.82, 2.24) is 5.32 Å². The van der Waals surface area contributed by atoms with Crippen LogP contribution in [-0.4, -0.2) is 18.6 Å². The lowest BCUT2D eigenvalue weighted by Gasteiger charge is -2.22. The zero-order chi connectivity index (χ0) is 10.4. The summed E-state index contributed by atoms with van der Waals surface area (Å²) >= 11 is 0.